The molecule has 0 aliphatic carbocycles. The summed E-state index contributed by atoms with van der Waals surface area (Å²) in [4.78, 5) is 12.1. The Morgan fingerprint density at radius 2 is 1.36 bits per heavy atom. The van der Waals surface area contributed by atoms with E-state index in [9.17, 15) is 0 Å². The molecule has 0 bridgehead atoms. The van der Waals surface area contributed by atoms with Crippen LogP contribution in [0.25, 0.3) is 35.7 Å². The van der Waals surface area contributed by atoms with E-state index in [1.165, 1.54) is 0 Å². The fourth-order valence-corrected chi connectivity index (χ4v) is 6.63. The van der Waals surface area contributed by atoms with Crippen molar-refractivity contribution < 1.29 is 0 Å². The Balaban J connectivity index is 2.02. The van der Waals surface area contributed by atoms with Crippen LogP contribution in [0.5, 0.6) is 0 Å². The summed E-state index contributed by atoms with van der Waals surface area (Å²) >= 11 is -0.337. The van der Waals surface area contributed by atoms with E-state index in [4.69, 9.17) is 22.4 Å². The summed E-state index contributed by atoms with van der Waals surface area (Å²) < 4.78 is 3.23. The molecule has 0 amide bonds. The van der Waals surface area contributed by atoms with Crippen molar-refractivity contribution in [3.8, 4) is 18.2 Å². The molecule has 4 rings (SSSR count). The average molecular weight is 488 g/mol. The standard InChI is InChI=1S/C20H6N6Se2/c1-24-16(10-23)20-26-15-5-3-12(7-18(15)28-20)11-2-4-14-17(6-11)27-19(25-14)13(8-21)9-22/h2-7H/b12-11+,20-16+. The van der Waals surface area contributed by atoms with Gasteiger partial charge in [-0.1, -0.05) is 0 Å². The molecule has 2 aromatic heterocycles. The molecule has 0 radical (unpaired) electrons. The molecule has 8 heteroatoms. The molecule has 2 aromatic carbocycles. The molecule has 0 spiro atoms. The predicted molar refractivity (Wildman–Crippen MR) is 105 cm³/mol. The van der Waals surface area contributed by atoms with Gasteiger partial charge in [-0.25, -0.2) is 0 Å². The SMILES string of the molecule is [C-]#[N+]/C(C#N)=c1\nc2cc/c(=c3/ccc4nc(=C(C#N)C#N)[se]c4c3)cc2[se]1. The summed E-state index contributed by atoms with van der Waals surface area (Å²) in [6.45, 7) is 7.10. The molecule has 0 fully saturated rings. The maximum absolute atomic E-state index is 9.06. The van der Waals surface area contributed by atoms with Crippen LogP contribution in [0.15, 0.2) is 36.4 Å². The van der Waals surface area contributed by atoms with Crippen molar-refractivity contribution in [1.29, 1.82) is 15.8 Å². The summed E-state index contributed by atoms with van der Waals surface area (Å²) in [5, 5.41) is 29.2. The number of hydrogen-bond acceptors (Lipinski definition) is 5. The van der Waals surface area contributed by atoms with Gasteiger partial charge >= 0.3 is 170 Å². The third-order valence-electron chi connectivity index (χ3n) is 3.97. The second-order valence-corrected chi connectivity index (χ2v) is 9.90. The van der Waals surface area contributed by atoms with E-state index in [1.54, 1.807) is 0 Å². The molecule has 0 saturated heterocycles. The van der Waals surface area contributed by atoms with Crippen molar-refractivity contribution in [2.24, 2.45) is 0 Å². The Labute approximate surface area is 170 Å². The van der Waals surface area contributed by atoms with Gasteiger partial charge in [-0.05, 0) is 0 Å². The van der Waals surface area contributed by atoms with Gasteiger partial charge in [-0.15, -0.1) is 0 Å². The summed E-state index contributed by atoms with van der Waals surface area (Å²) in [7, 11) is 0. The quantitative estimate of drug-likeness (QED) is 0.271. The van der Waals surface area contributed by atoms with Crippen LogP contribution < -0.4 is 8.45 Å². The van der Waals surface area contributed by atoms with Crippen LogP contribution in [0.4, 0.5) is 0 Å². The van der Waals surface area contributed by atoms with Crippen LogP contribution in [-0.2, 0) is 0 Å². The van der Waals surface area contributed by atoms with E-state index in [0.717, 1.165) is 30.0 Å². The number of aromatic nitrogens is 2. The van der Waals surface area contributed by atoms with Crippen molar-refractivity contribution in [3.05, 3.63) is 66.7 Å². The summed E-state index contributed by atoms with van der Waals surface area (Å²) in [5.41, 5.74) is 1.76. The number of fused-ring (bicyclic) bond motifs is 2. The van der Waals surface area contributed by atoms with E-state index in [2.05, 4.69) is 26.9 Å². The Bertz CT molecular complexity index is 1510. The van der Waals surface area contributed by atoms with Crippen molar-refractivity contribution >= 4 is 59.8 Å². The van der Waals surface area contributed by atoms with Crippen molar-refractivity contribution in [2.75, 3.05) is 0 Å². The van der Waals surface area contributed by atoms with E-state index >= 15 is 0 Å². The van der Waals surface area contributed by atoms with E-state index in [1.807, 2.05) is 42.5 Å². The van der Waals surface area contributed by atoms with Crippen LogP contribution in [0.2, 0.25) is 0 Å². The molecule has 0 atom stereocenters. The number of hydrogen-bond donors (Lipinski definition) is 0. The predicted octanol–water partition coefficient (Wildman–Crippen LogP) is 0.933. The zero-order chi connectivity index (χ0) is 19.7. The second kappa shape index (κ2) is 7.26. The Kier molecular flexibility index (Phi) is 4.65. The normalized spacial score (nSPS) is 12.6. The van der Waals surface area contributed by atoms with E-state index in [-0.39, 0.29) is 40.3 Å². The van der Waals surface area contributed by atoms with Crippen LogP contribution >= 0.6 is 0 Å². The van der Waals surface area contributed by atoms with Gasteiger partial charge in [0.2, 0.25) is 0 Å². The average Bonchev–Trinajstić information content (AvgIpc) is 3.32. The number of rotatable bonds is 0. The molecule has 0 aliphatic rings. The third-order valence-corrected chi connectivity index (χ3v) is 8.29. The van der Waals surface area contributed by atoms with Gasteiger partial charge < -0.3 is 0 Å². The number of benzene rings is 2. The molecule has 0 unspecified atom stereocenters. The minimum absolute atomic E-state index is 0.0599. The van der Waals surface area contributed by atoms with Crippen LogP contribution in [0.1, 0.15) is 0 Å². The van der Waals surface area contributed by atoms with Gasteiger partial charge in [0, 0.05) is 0 Å². The minimum atomic E-state index is -0.171. The Morgan fingerprint density at radius 3 is 1.86 bits per heavy atom. The topological polar surface area (TPSA) is 102 Å². The molecule has 128 valence electrons. The van der Waals surface area contributed by atoms with Gasteiger partial charge in [-0.2, -0.15) is 0 Å². The van der Waals surface area contributed by atoms with Crippen molar-refractivity contribution in [2.45, 2.75) is 0 Å². The monoisotopic (exact) mass is 490 g/mol. The van der Waals surface area contributed by atoms with Crippen LogP contribution in [0.3, 0.4) is 0 Å². The first-order valence-corrected chi connectivity index (χ1v) is 11.2. The zero-order valence-corrected chi connectivity index (χ0v) is 17.4. The molecule has 28 heavy (non-hydrogen) atoms. The van der Waals surface area contributed by atoms with E-state index in [0.29, 0.717) is 8.45 Å². The summed E-state index contributed by atoms with van der Waals surface area (Å²) in [5.74, 6) is 0. The van der Waals surface area contributed by atoms with Crippen LogP contribution in [-0.4, -0.2) is 39.0 Å². The van der Waals surface area contributed by atoms with Gasteiger partial charge in [0.25, 0.3) is 0 Å². The summed E-state index contributed by atoms with van der Waals surface area (Å²) in [6, 6.07) is 17.6. The zero-order valence-electron chi connectivity index (χ0n) is 14.0. The fraction of sp³-hybridized carbons (Fsp3) is 0. The Hall–Kier alpha value is -3.48. The van der Waals surface area contributed by atoms with Gasteiger partial charge in [-0.3, -0.25) is 0 Å². The van der Waals surface area contributed by atoms with Crippen molar-refractivity contribution in [3.63, 3.8) is 0 Å². The van der Waals surface area contributed by atoms with Gasteiger partial charge in [0.15, 0.2) is 0 Å². The number of nitriles is 3. The molecule has 0 N–H and O–H groups in total. The first-order chi connectivity index (χ1) is 13.7. The molecular weight excluding hydrogens is 482 g/mol. The molecule has 0 aliphatic heterocycles. The maximum atomic E-state index is 9.06. The second-order valence-electron chi connectivity index (χ2n) is 5.57. The first kappa shape index (κ1) is 17.9. The Morgan fingerprint density at radius 1 is 0.821 bits per heavy atom. The molecule has 2 heterocycles. The molecule has 4 aromatic rings. The van der Waals surface area contributed by atoms with Crippen molar-refractivity contribution in [1.82, 2.24) is 9.97 Å². The fourth-order valence-electron chi connectivity index (χ4n) is 2.66. The first-order valence-electron chi connectivity index (χ1n) is 7.81. The number of nitrogens with zero attached hydrogens (tertiary/aromatic N) is 6. The van der Waals surface area contributed by atoms with Gasteiger partial charge in [0.1, 0.15) is 0 Å². The molecule has 6 nitrogen and oxygen atoms in total. The van der Waals surface area contributed by atoms with Crippen LogP contribution in [0, 0.1) is 51.0 Å². The van der Waals surface area contributed by atoms with E-state index < -0.39 is 0 Å². The van der Waals surface area contributed by atoms with Gasteiger partial charge in [0.05, 0.1) is 0 Å². The third kappa shape index (κ3) is 3.05. The molecule has 0 saturated carbocycles. The molecular formula is C20H6N6Se2. The summed E-state index contributed by atoms with van der Waals surface area (Å²) in [6.07, 6.45) is 0.